The van der Waals surface area contributed by atoms with Crippen molar-refractivity contribution in [2.45, 2.75) is 38.6 Å². The summed E-state index contributed by atoms with van der Waals surface area (Å²) < 4.78 is 2.14. The Kier molecular flexibility index (Phi) is 4.54. The number of H-pyrrole nitrogens is 1. The zero-order valence-electron chi connectivity index (χ0n) is 19.1. The number of rotatable bonds is 3. The molecule has 168 valence electrons. The molecule has 2 N–H and O–H groups in total. The summed E-state index contributed by atoms with van der Waals surface area (Å²) in [5.74, 6) is 0. The molecule has 1 aromatic carbocycles. The fourth-order valence-corrected chi connectivity index (χ4v) is 5.44. The Bertz CT molecular complexity index is 1350. The molecular weight excluding hydrogens is 412 g/mol. The Hall–Kier alpha value is -3.61. The first-order valence-corrected chi connectivity index (χ1v) is 11.7. The normalized spacial score (nSPS) is 19.5. The lowest BCUT2D eigenvalue weighted by atomic mass is 9.82. The van der Waals surface area contributed by atoms with Crippen molar-refractivity contribution >= 4 is 17.1 Å². The van der Waals surface area contributed by atoms with Gasteiger partial charge in [-0.1, -0.05) is 29.8 Å². The summed E-state index contributed by atoms with van der Waals surface area (Å²) >= 11 is 0. The van der Waals surface area contributed by atoms with E-state index in [9.17, 15) is 4.79 Å². The van der Waals surface area contributed by atoms with Gasteiger partial charge in [-0.2, -0.15) is 5.10 Å². The van der Waals surface area contributed by atoms with Gasteiger partial charge in [-0.25, -0.2) is 9.78 Å². The predicted octanol–water partition coefficient (Wildman–Crippen LogP) is 4.48. The van der Waals surface area contributed by atoms with E-state index in [0.717, 1.165) is 60.3 Å². The molecule has 0 saturated carbocycles. The number of pyridine rings is 1. The molecule has 7 heteroatoms. The first-order valence-electron chi connectivity index (χ1n) is 11.7. The van der Waals surface area contributed by atoms with E-state index in [1.807, 2.05) is 24.2 Å². The van der Waals surface area contributed by atoms with Crippen LogP contribution >= 0.6 is 0 Å². The SMILES string of the molecule is CCNC(=O)N1CCC2(CCn3nc(-c4cnc5[nH]cc(-c6ccc(C)cc6)c5c4)cc32)C1. The van der Waals surface area contributed by atoms with Crippen molar-refractivity contribution in [1.82, 2.24) is 30.0 Å². The summed E-state index contributed by atoms with van der Waals surface area (Å²) in [6, 6.07) is 13.0. The molecule has 33 heavy (non-hydrogen) atoms. The molecule has 0 radical (unpaired) electrons. The Morgan fingerprint density at radius 2 is 1.97 bits per heavy atom. The first kappa shape index (κ1) is 20.0. The second kappa shape index (κ2) is 7.47. The number of amides is 2. The predicted molar refractivity (Wildman–Crippen MR) is 129 cm³/mol. The van der Waals surface area contributed by atoms with Gasteiger partial charge in [0.15, 0.2) is 0 Å². The third-order valence-corrected chi connectivity index (χ3v) is 7.28. The van der Waals surface area contributed by atoms with Gasteiger partial charge in [-0.15, -0.1) is 0 Å². The number of nitrogens with one attached hydrogen (secondary N) is 2. The summed E-state index contributed by atoms with van der Waals surface area (Å²) in [7, 11) is 0. The maximum Gasteiger partial charge on any atom is 0.317 e. The average Bonchev–Trinajstić information content (AvgIpc) is 3.59. The number of carbonyl (C=O) groups excluding carboxylic acids is 1. The molecule has 5 heterocycles. The molecule has 7 nitrogen and oxygen atoms in total. The van der Waals surface area contributed by atoms with E-state index in [4.69, 9.17) is 5.10 Å². The molecule has 1 saturated heterocycles. The molecule has 4 aromatic rings. The standard InChI is InChI=1S/C26H28N6O/c1-3-27-25(33)31-10-8-26(16-31)9-11-32-23(26)13-22(30-32)19-12-20-21(15-29-24(20)28-14-19)18-6-4-17(2)5-7-18/h4-7,12-15H,3,8-11,16H2,1-2H3,(H,27,33)(H,28,29). The van der Waals surface area contributed by atoms with Crippen molar-refractivity contribution in [1.29, 1.82) is 0 Å². The van der Waals surface area contributed by atoms with Crippen LogP contribution < -0.4 is 5.32 Å². The molecule has 0 aliphatic carbocycles. The maximum atomic E-state index is 12.4. The van der Waals surface area contributed by atoms with Crippen LogP contribution in [0.1, 0.15) is 31.0 Å². The smallest absolute Gasteiger partial charge is 0.317 e. The maximum absolute atomic E-state index is 12.4. The molecule has 6 rings (SSSR count). The lowest BCUT2D eigenvalue weighted by Crippen LogP contribution is -2.40. The molecule has 0 bridgehead atoms. The summed E-state index contributed by atoms with van der Waals surface area (Å²) in [4.78, 5) is 22.3. The van der Waals surface area contributed by atoms with Crippen molar-refractivity contribution in [2.24, 2.45) is 0 Å². The third kappa shape index (κ3) is 3.22. The van der Waals surface area contributed by atoms with Crippen molar-refractivity contribution in [2.75, 3.05) is 19.6 Å². The van der Waals surface area contributed by atoms with Gasteiger partial charge in [0.2, 0.25) is 0 Å². The summed E-state index contributed by atoms with van der Waals surface area (Å²) in [5, 5.41) is 8.98. The number of urea groups is 1. The number of aromatic nitrogens is 4. The van der Waals surface area contributed by atoms with Crippen molar-refractivity contribution in [3.8, 4) is 22.4 Å². The van der Waals surface area contributed by atoms with Crippen LogP contribution in [0.25, 0.3) is 33.4 Å². The van der Waals surface area contributed by atoms with Gasteiger partial charge in [-0.3, -0.25) is 4.68 Å². The van der Waals surface area contributed by atoms with Crippen molar-refractivity contribution in [3.63, 3.8) is 0 Å². The first-order chi connectivity index (χ1) is 16.1. The van der Waals surface area contributed by atoms with Crippen LogP contribution in [-0.2, 0) is 12.0 Å². The molecular formula is C26H28N6O. The number of aromatic amines is 1. The highest BCUT2D eigenvalue weighted by Crippen LogP contribution is 2.44. The Labute approximate surface area is 192 Å². The van der Waals surface area contributed by atoms with E-state index in [0.29, 0.717) is 6.54 Å². The third-order valence-electron chi connectivity index (χ3n) is 7.28. The van der Waals surface area contributed by atoms with Crippen LogP contribution in [0.15, 0.2) is 48.8 Å². The van der Waals surface area contributed by atoms with Crippen molar-refractivity contribution < 1.29 is 4.79 Å². The number of benzene rings is 1. The molecule has 2 amide bonds. The monoisotopic (exact) mass is 440 g/mol. The molecule has 3 aromatic heterocycles. The zero-order chi connectivity index (χ0) is 22.6. The number of aryl methyl sites for hydroxylation is 2. The van der Waals surface area contributed by atoms with Gasteiger partial charge in [0.05, 0.1) is 5.69 Å². The van der Waals surface area contributed by atoms with E-state index >= 15 is 0 Å². The van der Waals surface area contributed by atoms with Gasteiger partial charge in [0.25, 0.3) is 0 Å². The van der Waals surface area contributed by atoms with Gasteiger partial charge >= 0.3 is 6.03 Å². The van der Waals surface area contributed by atoms with Crippen molar-refractivity contribution in [3.05, 3.63) is 60.0 Å². The summed E-state index contributed by atoms with van der Waals surface area (Å²) in [6.07, 6.45) is 5.96. The minimum absolute atomic E-state index is 0.00893. The van der Waals surface area contributed by atoms with E-state index in [1.54, 1.807) is 0 Å². The quantitative estimate of drug-likeness (QED) is 0.493. The Morgan fingerprint density at radius 1 is 1.15 bits per heavy atom. The molecule has 1 spiro atoms. The van der Waals surface area contributed by atoms with Crippen LogP contribution in [0.4, 0.5) is 4.79 Å². The van der Waals surface area contributed by atoms with E-state index < -0.39 is 0 Å². The highest BCUT2D eigenvalue weighted by atomic mass is 16.2. The van der Waals surface area contributed by atoms with E-state index in [2.05, 4.69) is 63.3 Å². The average molecular weight is 441 g/mol. The van der Waals surface area contributed by atoms with Crippen LogP contribution in [0.5, 0.6) is 0 Å². The van der Waals surface area contributed by atoms with Crippen LogP contribution in [-0.4, -0.2) is 50.3 Å². The Morgan fingerprint density at radius 3 is 2.79 bits per heavy atom. The van der Waals surface area contributed by atoms with E-state index in [-0.39, 0.29) is 11.4 Å². The number of likely N-dealkylation sites (tertiary alicyclic amines) is 1. The Balaban J connectivity index is 1.34. The second-order valence-electron chi connectivity index (χ2n) is 9.36. The van der Waals surface area contributed by atoms with Crippen LogP contribution in [0.2, 0.25) is 0 Å². The van der Waals surface area contributed by atoms with Gasteiger partial charge < -0.3 is 15.2 Å². The number of fused-ring (bicyclic) bond motifs is 3. The second-order valence-corrected chi connectivity index (χ2v) is 9.36. The van der Waals surface area contributed by atoms with Gasteiger partial charge in [0, 0.05) is 66.2 Å². The molecule has 1 fully saturated rings. The molecule has 2 aliphatic heterocycles. The number of nitrogens with zero attached hydrogens (tertiary/aromatic N) is 4. The minimum atomic E-state index is 0.00893. The lowest BCUT2D eigenvalue weighted by Gasteiger charge is -2.23. The molecule has 1 atom stereocenters. The lowest BCUT2D eigenvalue weighted by molar-refractivity contribution is 0.206. The molecule has 2 aliphatic rings. The van der Waals surface area contributed by atoms with Gasteiger partial charge in [-0.05, 0) is 44.4 Å². The summed E-state index contributed by atoms with van der Waals surface area (Å²) in [6.45, 7) is 7.17. The fourth-order valence-electron chi connectivity index (χ4n) is 5.44. The highest BCUT2D eigenvalue weighted by Gasteiger charge is 2.46. The number of hydrogen-bond acceptors (Lipinski definition) is 3. The molecule has 1 unspecified atom stereocenters. The number of hydrogen-bond donors (Lipinski definition) is 2. The van der Waals surface area contributed by atoms with Gasteiger partial charge in [0.1, 0.15) is 5.65 Å². The van der Waals surface area contributed by atoms with Crippen LogP contribution in [0.3, 0.4) is 0 Å². The van der Waals surface area contributed by atoms with Crippen LogP contribution in [0, 0.1) is 6.92 Å². The largest absolute Gasteiger partial charge is 0.346 e. The van der Waals surface area contributed by atoms with E-state index in [1.165, 1.54) is 16.8 Å². The minimum Gasteiger partial charge on any atom is -0.346 e. The number of carbonyl (C=O) groups is 1. The topological polar surface area (TPSA) is 78.8 Å². The summed E-state index contributed by atoms with van der Waals surface area (Å²) in [5.41, 5.74) is 7.68. The highest BCUT2D eigenvalue weighted by molar-refractivity contribution is 5.95. The fraction of sp³-hybridized carbons (Fsp3) is 0.346. The zero-order valence-corrected chi connectivity index (χ0v) is 19.1.